The van der Waals surface area contributed by atoms with Crippen LogP contribution >= 0.6 is 0 Å². The largest absolute Gasteiger partial charge is 0.395 e. The summed E-state index contributed by atoms with van der Waals surface area (Å²) in [5.41, 5.74) is 2.50. The number of nitrogens with one attached hydrogen (secondary N) is 1. The van der Waals surface area contributed by atoms with E-state index in [1.54, 1.807) is 4.90 Å². The quantitative estimate of drug-likeness (QED) is 0.771. The van der Waals surface area contributed by atoms with E-state index in [0.717, 1.165) is 6.42 Å². The predicted octanol–water partition coefficient (Wildman–Crippen LogP) is 1.88. The van der Waals surface area contributed by atoms with Gasteiger partial charge < -0.3 is 20.2 Å². The fourth-order valence-electron chi connectivity index (χ4n) is 2.39. The van der Waals surface area contributed by atoms with Gasteiger partial charge in [0.25, 0.3) is 0 Å². The average molecular weight is 307 g/mol. The van der Waals surface area contributed by atoms with Crippen LogP contribution in [-0.4, -0.2) is 61.3 Å². The second-order valence-corrected chi connectivity index (χ2v) is 5.56. The monoisotopic (exact) mass is 307 g/mol. The zero-order valence-corrected chi connectivity index (χ0v) is 14.2. The van der Waals surface area contributed by atoms with E-state index in [4.69, 9.17) is 5.11 Å². The van der Waals surface area contributed by atoms with Gasteiger partial charge in [0.1, 0.15) is 0 Å². The zero-order chi connectivity index (χ0) is 16.5. The molecule has 2 N–H and O–H groups in total. The second-order valence-electron chi connectivity index (χ2n) is 5.56. The van der Waals surface area contributed by atoms with Crippen LogP contribution < -0.4 is 5.32 Å². The highest BCUT2D eigenvalue weighted by Crippen LogP contribution is 2.18. The van der Waals surface area contributed by atoms with Crippen LogP contribution in [0.5, 0.6) is 0 Å². The summed E-state index contributed by atoms with van der Waals surface area (Å²) in [5.74, 6) is 0. The lowest BCUT2D eigenvalue weighted by atomic mass is 10.0. The maximum absolute atomic E-state index is 12.1. The SMILES string of the molecule is CCc1ccc(C(CNC(=O)N(CC)CCO)N(C)C)cc1. The van der Waals surface area contributed by atoms with Crippen molar-refractivity contribution in [2.24, 2.45) is 0 Å². The van der Waals surface area contributed by atoms with E-state index in [1.165, 1.54) is 11.1 Å². The summed E-state index contributed by atoms with van der Waals surface area (Å²) >= 11 is 0. The van der Waals surface area contributed by atoms with E-state index >= 15 is 0 Å². The Morgan fingerprint density at radius 3 is 2.32 bits per heavy atom. The van der Waals surface area contributed by atoms with Gasteiger partial charge in [0, 0.05) is 19.6 Å². The number of carbonyl (C=O) groups excluding carboxylic acids is 1. The number of hydrogen-bond donors (Lipinski definition) is 2. The molecule has 1 aromatic carbocycles. The van der Waals surface area contributed by atoms with E-state index < -0.39 is 0 Å². The molecular formula is C17H29N3O2. The van der Waals surface area contributed by atoms with Crippen molar-refractivity contribution in [2.45, 2.75) is 26.3 Å². The molecule has 0 bridgehead atoms. The van der Waals surface area contributed by atoms with Gasteiger partial charge in [-0.05, 0) is 38.6 Å². The predicted molar refractivity (Wildman–Crippen MR) is 90.0 cm³/mol. The molecule has 0 aliphatic carbocycles. The summed E-state index contributed by atoms with van der Waals surface area (Å²) in [6, 6.07) is 8.52. The van der Waals surface area contributed by atoms with E-state index in [9.17, 15) is 4.79 Å². The fourth-order valence-corrected chi connectivity index (χ4v) is 2.39. The highest BCUT2D eigenvalue weighted by molar-refractivity contribution is 5.74. The van der Waals surface area contributed by atoms with E-state index in [-0.39, 0.29) is 18.7 Å². The molecule has 1 atom stereocenters. The summed E-state index contributed by atoms with van der Waals surface area (Å²) in [6.07, 6.45) is 1.02. The topological polar surface area (TPSA) is 55.8 Å². The number of aryl methyl sites for hydroxylation is 1. The minimum Gasteiger partial charge on any atom is -0.395 e. The summed E-state index contributed by atoms with van der Waals surface area (Å²) in [7, 11) is 4.02. The number of rotatable bonds is 8. The van der Waals surface area contributed by atoms with Crippen molar-refractivity contribution in [3.63, 3.8) is 0 Å². The van der Waals surface area contributed by atoms with Gasteiger partial charge in [-0.15, -0.1) is 0 Å². The van der Waals surface area contributed by atoms with Gasteiger partial charge in [0.2, 0.25) is 0 Å². The zero-order valence-electron chi connectivity index (χ0n) is 14.2. The standard InChI is InChI=1S/C17H29N3O2/c1-5-14-7-9-15(10-8-14)16(19(3)4)13-18-17(22)20(6-2)11-12-21/h7-10,16,21H,5-6,11-13H2,1-4H3,(H,18,22). The van der Waals surface area contributed by atoms with Crippen LogP contribution in [0.25, 0.3) is 0 Å². The Morgan fingerprint density at radius 2 is 1.86 bits per heavy atom. The first kappa shape index (κ1) is 18.5. The van der Waals surface area contributed by atoms with Crippen molar-refractivity contribution in [1.29, 1.82) is 0 Å². The van der Waals surface area contributed by atoms with E-state index in [2.05, 4.69) is 41.4 Å². The van der Waals surface area contributed by atoms with Crippen molar-refractivity contribution in [1.82, 2.24) is 15.1 Å². The number of benzene rings is 1. The number of hydrogen-bond acceptors (Lipinski definition) is 3. The molecule has 22 heavy (non-hydrogen) atoms. The van der Waals surface area contributed by atoms with Gasteiger partial charge in [-0.25, -0.2) is 4.79 Å². The van der Waals surface area contributed by atoms with Crippen molar-refractivity contribution in [2.75, 3.05) is 40.3 Å². The molecule has 0 spiro atoms. The number of carbonyl (C=O) groups is 1. The maximum atomic E-state index is 12.1. The van der Waals surface area contributed by atoms with Crippen LogP contribution in [0, 0.1) is 0 Å². The molecular weight excluding hydrogens is 278 g/mol. The van der Waals surface area contributed by atoms with Gasteiger partial charge in [-0.3, -0.25) is 0 Å². The molecule has 5 nitrogen and oxygen atoms in total. The molecule has 1 rings (SSSR count). The fraction of sp³-hybridized carbons (Fsp3) is 0.588. The first-order valence-electron chi connectivity index (χ1n) is 7.92. The van der Waals surface area contributed by atoms with Gasteiger partial charge in [0.05, 0.1) is 12.6 Å². The summed E-state index contributed by atoms with van der Waals surface area (Å²) in [5, 5.41) is 11.9. The highest BCUT2D eigenvalue weighted by Gasteiger charge is 2.17. The number of aliphatic hydroxyl groups excluding tert-OH is 1. The molecule has 0 heterocycles. The first-order valence-corrected chi connectivity index (χ1v) is 7.92. The third-order valence-electron chi connectivity index (χ3n) is 3.88. The minimum atomic E-state index is -0.131. The minimum absolute atomic E-state index is 0.0170. The number of amides is 2. The molecule has 0 fully saturated rings. The molecule has 0 radical (unpaired) electrons. The average Bonchev–Trinajstić information content (AvgIpc) is 2.52. The Bertz CT molecular complexity index is 446. The Balaban J connectivity index is 2.69. The van der Waals surface area contributed by atoms with Crippen LogP contribution in [-0.2, 0) is 6.42 Å². The molecule has 0 aliphatic heterocycles. The smallest absolute Gasteiger partial charge is 0.317 e. The lowest BCUT2D eigenvalue weighted by Crippen LogP contribution is -2.44. The molecule has 0 aliphatic rings. The molecule has 2 amide bonds. The van der Waals surface area contributed by atoms with Gasteiger partial charge >= 0.3 is 6.03 Å². The van der Waals surface area contributed by atoms with Crippen LogP contribution in [0.15, 0.2) is 24.3 Å². The second kappa shape index (κ2) is 9.43. The van der Waals surface area contributed by atoms with Crippen molar-refractivity contribution in [3.05, 3.63) is 35.4 Å². The molecule has 0 saturated heterocycles. The first-order chi connectivity index (χ1) is 10.5. The van der Waals surface area contributed by atoms with Crippen LogP contribution in [0.2, 0.25) is 0 Å². The number of urea groups is 1. The van der Waals surface area contributed by atoms with E-state index in [0.29, 0.717) is 19.6 Å². The third kappa shape index (κ3) is 5.31. The van der Waals surface area contributed by atoms with Crippen LogP contribution in [0.3, 0.4) is 0 Å². The number of likely N-dealkylation sites (N-methyl/N-ethyl adjacent to an activating group) is 2. The summed E-state index contributed by atoms with van der Waals surface area (Å²) in [4.78, 5) is 15.8. The molecule has 5 heteroatoms. The Labute approximate surface area is 133 Å². The lowest BCUT2D eigenvalue weighted by molar-refractivity contribution is 0.176. The van der Waals surface area contributed by atoms with Gasteiger partial charge in [0.15, 0.2) is 0 Å². The van der Waals surface area contributed by atoms with Gasteiger partial charge in [-0.1, -0.05) is 31.2 Å². The molecule has 1 unspecified atom stereocenters. The molecule has 0 aromatic heterocycles. The number of nitrogens with zero attached hydrogens (tertiary/aromatic N) is 2. The normalized spacial score (nSPS) is 12.3. The Morgan fingerprint density at radius 1 is 1.23 bits per heavy atom. The van der Waals surface area contributed by atoms with Gasteiger partial charge in [-0.2, -0.15) is 0 Å². The Kier molecular flexibility index (Phi) is 7.91. The van der Waals surface area contributed by atoms with Crippen molar-refractivity contribution < 1.29 is 9.90 Å². The molecule has 0 saturated carbocycles. The Hall–Kier alpha value is -1.59. The van der Waals surface area contributed by atoms with Crippen molar-refractivity contribution >= 4 is 6.03 Å². The number of aliphatic hydroxyl groups is 1. The third-order valence-corrected chi connectivity index (χ3v) is 3.88. The van der Waals surface area contributed by atoms with Crippen LogP contribution in [0.4, 0.5) is 4.79 Å². The molecule has 124 valence electrons. The van der Waals surface area contributed by atoms with Crippen molar-refractivity contribution in [3.8, 4) is 0 Å². The lowest BCUT2D eigenvalue weighted by Gasteiger charge is -2.27. The summed E-state index contributed by atoms with van der Waals surface area (Å²) < 4.78 is 0. The summed E-state index contributed by atoms with van der Waals surface area (Å²) in [6.45, 7) is 5.52. The van der Waals surface area contributed by atoms with E-state index in [1.807, 2.05) is 21.0 Å². The maximum Gasteiger partial charge on any atom is 0.317 e. The van der Waals surface area contributed by atoms with Crippen LogP contribution in [0.1, 0.15) is 31.0 Å². The highest BCUT2D eigenvalue weighted by atomic mass is 16.3. The molecule has 1 aromatic rings.